The molecule has 0 radical (unpaired) electrons. The van der Waals surface area contributed by atoms with Crippen molar-refractivity contribution in [1.82, 2.24) is 15.1 Å². The van der Waals surface area contributed by atoms with E-state index in [9.17, 15) is 4.79 Å². The Bertz CT molecular complexity index is 464. The van der Waals surface area contributed by atoms with Crippen LogP contribution < -0.4 is 0 Å². The lowest BCUT2D eigenvalue weighted by molar-refractivity contribution is -0.128. The molecular weight excluding hydrogens is 238 g/mol. The molecule has 1 N–H and O–H groups in total. The predicted molar refractivity (Wildman–Crippen MR) is 73.7 cm³/mol. The number of aromatic amines is 1. The monoisotopic (exact) mass is 259 g/mol. The van der Waals surface area contributed by atoms with Crippen molar-refractivity contribution in [3.8, 4) is 0 Å². The fourth-order valence-electron chi connectivity index (χ4n) is 3.14. The van der Waals surface area contributed by atoms with Crippen molar-refractivity contribution in [2.24, 2.45) is 0 Å². The maximum Gasteiger partial charge on any atom is 0.249 e. The van der Waals surface area contributed by atoms with Gasteiger partial charge in [0, 0.05) is 36.5 Å². The second-order valence-corrected chi connectivity index (χ2v) is 5.58. The van der Waals surface area contributed by atoms with E-state index in [0.29, 0.717) is 5.92 Å². The summed E-state index contributed by atoms with van der Waals surface area (Å²) in [5.74, 6) is 0.688. The number of likely N-dealkylation sites (tertiary alicyclic amines) is 1. The number of aromatic nitrogens is 2. The maximum absolute atomic E-state index is 12.5. The van der Waals surface area contributed by atoms with Gasteiger partial charge >= 0.3 is 0 Å². The molecule has 19 heavy (non-hydrogen) atoms. The zero-order chi connectivity index (χ0) is 13.1. The molecule has 4 heteroatoms. The first-order valence-electron chi connectivity index (χ1n) is 7.32. The summed E-state index contributed by atoms with van der Waals surface area (Å²) < 4.78 is 0. The lowest BCUT2D eigenvalue weighted by Gasteiger charge is -2.33. The Labute approximate surface area is 113 Å². The highest BCUT2D eigenvalue weighted by atomic mass is 16.2. The fourth-order valence-corrected chi connectivity index (χ4v) is 3.14. The highest BCUT2D eigenvalue weighted by molar-refractivity contribution is 5.93. The molecule has 2 aliphatic rings. The van der Waals surface area contributed by atoms with Gasteiger partial charge in [-0.25, -0.2) is 0 Å². The summed E-state index contributed by atoms with van der Waals surface area (Å²) >= 11 is 0. The minimum absolute atomic E-state index is 0.268. The average molecular weight is 259 g/mol. The predicted octanol–water partition coefficient (Wildman–Crippen LogP) is 2.62. The number of H-pyrrole nitrogens is 1. The smallest absolute Gasteiger partial charge is 0.249 e. The Morgan fingerprint density at radius 2 is 2.32 bits per heavy atom. The van der Waals surface area contributed by atoms with Gasteiger partial charge in [-0.15, -0.1) is 0 Å². The van der Waals surface area contributed by atoms with Gasteiger partial charge in [-0.2, -0.15) is 5.10 Å². The number of carbonyl (C=O) groups excluding carboxylic acids is 1. The molecule has 102 valence electrons. The average Bonchev–Trinajstić information content (AvgIpc) is 3.02. The lowest BCUT2D eigenvalue weighted by atomic mass is 9.93. The molecule has 1 unspecified atom stereocenters. The Hall–Kier alpha value is -1.58. The second kappa shape index (κ2) is 5.59. The molecular formula is C15H21N3O. The normalized spacial score (nSPS) is 24.1. The summed E-state index contributed by atoms with van der Waals surface area (Å²) in [6.45, 7) is 1.74. The number of allylic oxidation sites excluding steroid dienone is 1. The summed E-state index contributed by atoms with van der Waals surface area (Å²) in [6.07, 6.45) is 10.6. The molecule has 1 aliphatic heterocycles. The molecule has 0 aromatic carbocycles. The molecule has 1 aliphatic carbocycles. The third-order valence-corrected chi connectivity index (χ3v) is 4.24. The number of amides is 1. The van der Waals surface area contributed by atoms with Crippen LogP contribution in [0.5, 0.6) is 0 Å². The van der Waals surface area contributed by atoms with Crippen LogP contribution >= 0.6 is 0 Å². The summed E-state index contributed by atoms with van der Waals surface area (Å²) in [5, 5.41) is 7.06. The van der Waals surface area contributed by atoms with Gasteiger partial charge in [0.2, 0.25) is 5.91 Å². The van der Waals surface area contributed by atoms with E-state index < -0.39 is 0 Å². The summed E-state index contributed by atoms with van der Waals surface area (Å²) in [7, 11) is 0. The van der Waals surface area contributed by atoms with Gasteiger partial charge in [-0.1, -0.05) is 6.08 Å². The highest BCUT2D eigenvalue weighted by Gasteiger charge is 2.27. The van der Waals surface area contributed by atoms with Gasteiger partial charge in [0.15, 0.2) is 0 Å². The number of rotatable bonds is 2. The van der Waals surface area contributed by atoms with E-state index in [1.807, 2.05) is 11.0 Å². The van der Waals surface area contributed by atoms with E-state index in [0.717, 1.165) is 56.5 Å². The molecule has 1 amide bonds. The van der Waals surface area contributed by atoms with Crippen LogP contribution in [0.4, 0.5) is 0 Å². The second-order valence-electron chi connectivity index (χ2n) is 5.58. The highest BCUT2D eigenvalue weighted by Crippen LogP contribution is 2.27. The number of nitrogens with one attached hydrogen (secondary N) is 1. The quantitative estimate of drug-likeness (QED) is 0.887. The Morgan fingerprint density at radius 1 is 1.37 bits per heavy atom. The van der Waals surface area contributed by atoms with Crippen LogP contribution in [0.2, 0.25) is 0 Å². The van der Waals surface area contributed by atoms with Crippen LogP contribution in [-0.4, -0.2) is 34.1 Å². The molecule has 1 aromatic heterocycles. The molecule has 1 fully saturated rings. The van der Waals surface area contributed by atoms with E-state index in [4.69, 9.17) is 0 Å². The van der Waals surface area contributed by atoms with Crippen LogP contribution in [-0.2, 0) is 4.79 Å². The molecule has 0 bridgehead atoms. The fraction of sp³-hybridized carbons (Fsp3) is 0.600. The summed E-state index contributed by atoms with van der Waals surface area (Å²) in [6, 6.07) is 2.03. The molecule has 1 aromatic rings. The molecule has 0 saturated carbocycles. The minimum atomic E-state index is 0.268. The van der Waals surface area contributed by atoms with Crippen molar-refractivity contribution < 1.29 is 4.79 Å². The Morgan fingerprint density at radius 3 is 3.05 bits per heavy atom. The van der Waals surface area contributed by atoms with Crippen molar-refractivity contribution in [3.05, 3.63) is 29.6 Å². The summed E-state index contributed by atoms with van der Waals surface area (Å²) in [4.78, 5) is 14.5. The number of carbonyl (C=O) groups is 1. The number of piperidine rings is 1. The van der Waals surface area contributed by atoms with E-state index in [1.165, 1.54) is 6.42 Å². The Kier molecular flexibility index (Phi) is 3.67. The van der Waals surface area contributed by atoms with Crippen LogP contribution in [0.1, 0.15) is 50.1 Å². The first-order chi connectivity index (χ1) is 9.34. The summed E-state index contributed by atoms with van der Waals surface area (Å²) in [5.41, 5.74) is 2.20. The van der Waals surface area contributed by atoms with Crippen molar-refractivity contribution in [1.29, 1.82) is 0 Å². The van der Waals surface area contributed by atoms with Crippen LogP contribution in [0.25, 0.3) is 0 Å². The van der Waals surface area contributed by atoms with Crippen molar-refractivity contribution >= 4 is 5.91 Å². The van der Waals surface area contributed by atoms with E-state index in [-0.39, 0.29) is 5.91 Å². The van der Waals surface area contributed by atoms with Crippen LogP contribution in [0, 0.1) is 0 Å². The van der Waals surface area contributed by atoms with Gasteiger partial charge in [-0.3, -0.25) is 9.89 Å². The van der Waals surface area contributed by atoms with Crippen molar-refractivity contribution in [3.63, 3.8) is 0 Å². The SMILES string of the molecule is O=C(C1=CCCCC1)N1CCCC(c2ccn[nH]2)C1. The zero-order valence-corrected chi connectivity index (χ0v) is 11.3. The molecule has 1 atom stereocenters. The first kappa shape index (κ1) is 12.5. The third-order valence-electron chi connectivity index (χ3n) is 4.24. The standard InChI is InChI=1S/C15H21N3O/c19-15(12-5-2-1-3-6-12)18-10-4-7-13(11-18)14-8-9-16-17-14/h5,8-9,13H,1-4,6-7,10-11H2,(H,16,17). The third kappa shape index (κ3) is 2.72. The van der Waals surface area contributed by atoms with Gasteiger partial charge in [0.1, 0.15) is 0 Å². The Balaban J connectivity index is 1.68. The molecule has 0 spiro atoms. The topological polar surface area (TPSA) is 49.0 Å². The first-order valence-corrected chi connectivity index (χ1v) is 7.32. The zero-order valence-electron chi connectivity index (χ0n) is 11.3. The maximum atomic E-state index is 12.5. The van der Waals surface area contributed by atoms with Gasteiger partial charge in [0.25, 0.3) is 0 Å². The van der Waals surface area contributed by atoms with Gasteiger partial charge in [0.05, 0.1) is 0 Å². The molecule has 4 nitrogen and oxygen atoms in total. The van der Waals surface area contributed by atoms with E-state index in [1.54, 1.807) is 6.20 Å². The number of nitrogens with zero attached hydrogens (tertiary/aromatic N) is 2. The van der Waals surface area contributed by atoms with Crippen molar-refractivity contribution in [2.45, 2.75) is 44.4 Å². The van der Waals surface area contributed by atoms with Crippen molar-refractivity contribution in [2.75, 3.05) is 13.1 Å². The number of hydrogen-bond acceptors (Lipinski definition) is 2. The van der Waals surface area contributed by atoms with Crippen LogP contribution in [0.3, 0.4) is 0 Å². The van der Waals surface area contributed by atoms with Gasteiger partial charge < -0.3 is 4.90 Å². The van der Waals surface area contributed by atoms with E-state index >= 15 is 0 Å². The number of hydrogen-bond donors (Lipinski definition) is 1. The lowest BCUT2D eigenvalue weighted by Crippen LogP contribution is -2.40. The molecule has 2 heterocycles. The van der Waals surface area contributed by atoms with Gasteiger partial charge in [-0.05, 0) is 44.6 Å². The van der Waals surface area contributed by atoms with E-state index in [2.05, 4.69) is 16.3 Å². The molecule has 1 saturated heterocycles. The minimum Gasteiger partial charge on any atom is -0.338 e. The van der Waals surface area contributed by atoms with Crippen LogP contribution in [0.15, 0.2) is 23.9 Å². The largest absolute Gasteiger partial charge is 0.338 e. The molecule has 3 rings (SSSR count).